The van der Waals surface area contributed by atoms with E-state index in [1.165, 1.54) is 0 Å². The highest BCUT2D eigenvalue weighted by Gasteiger charge is 2.09. The number of nitrogens with one attached hydrogen (secondary N) is 1. The number of aromatic amines is 1. The van der Waals surface area contributed by atoms with Crippen LogP contribution in [0.3, 0.4) is 0 Å². The molecule has 0 spiro atoms. The van der Waals surface area contributed by atoms with Crippen LogP contribution >= 0.6 is 11.6 Å². The summed E-state index contributed by atoms with van der Waals surface area (Å²) in [4.78, 5) is 3.22. The Labute approximate surface area is 116 Å². The zero-order valence-electron chi connectivity index (χ0n) is 10.2. The Balaban J connectivity index is 2.09. The lowest BCUT2D eigenvalue weighted by Gasteiger charge is -2.07. The number of aromatic nitrogens is 1. The van der Waals surface area contributed by atoms with Gasteiger partial charge in [0, 0.05) is 28.7 Å². The van der Waals surface area contributed by atoms with Gasteiger partial charge < -0.3 is 15.5 Å². The van der Waals surface area contributed by atoms with Crippen LogP contribution in [0.25, 0.3) is 10.9 Å². The highest BCUT2D eigenvalue weighted by Crippen LogP contribution is 2.33. The molecule has 0 aliphatic rings. The van der Waals surface area contributed by atoms with E-state index in [0.717, 1.165) is 28.1 Å². The van der Waals surface area contributed by atoms with Gasteiger partial charge in [0.05, 0.1) is 5.52 Å². The predicted octanol–water partition coefficient (Wildman–Crippen LogP) is 4.07. The molecule has 0 aliphatic carbocycles. The topological polar surface area (TPSA) is 51.0 Å². The number of fused-ring (bicyclic) bond motifs is 1. The fourth-order valence-corrected chi connectivity index (χ4v) is 2.25. The number of ether oxygens (including phenoxy) is 1. The number of benzene rings is 2. The van der Waals surface area contributed by atoms with Gasteiger partial charge in [-0.1, -0.05) is 29.8 Å². The lowest BCUT2D eigenvalue weighted by molar-refractivity contribution is 0.488. The van der Waals surface area contributed by atoms with Crippen LogP contribution in [0.15, 0.2) is 48.5 Å². The van der Waals surface area contributed by atoms with E-state index in [4.69, 9.17) is 22.1 Å². The van der Waals surface area contributed by atoms with Crippen molar-refractivity contribution in [3.05, 3.63) is 59.2 Å². The van der Waals surface area contributed by atoms with Crippen LogP contribution in [0.1, 0.15) is 5.69 Å². The molecule has 0 saturated carbocycles. The molecule has 0 saturated heterocycles. The van der Waals surface area contributed by atoms with Crippen molar-refractivity contribution in [3.63, 3.8) is 0 Å². The Hall–Kier alpha value is -1.97. The van der Waals surface area contributed by atoms with E-state index >= 15 is 0 Å². The van der Waals surface area contributed by atoms with Gasteiger partial charge >= 0.3 is 0 Å². The van der Waals surface area contributed by atoms with Gasteiger partial charge in [0.25, 0.3) is 0 Å². The summed E-state index contributed by atoms with van der Waals surface area (Å²) >= 11 is 6.11. The lowest BCUT2D eigenvalue weighted by atomic mass is 10.2. The standard InChI is InChI=1S/C15H13ClN2O/c16-10-6-14-13(8-11(9-17)18-14)15(7-10)19-12-4-2-1-3-5-12/h1-8,18H,9,17H2. The Morgan fingerprint density at radius 1 is 1.11 bits per heavy atom. The first-order valence-corrected chi connectivity index (χ1v) is 6.38. The minimum absolute atomic E-state index is 0.455. The number of halogens is 1. The smallest absolute Gasteiger partial charge is 0.138 e. The molecule has 2 aromatic carbocycles. The maximum absolute atomic E-state index is 6.11. The zero-order valence-corrected chi connectivity index (χ0v) is 10.9. The Morgan fingerprint density at radius 2 is 1.89 bits per heavy atom. The van der Waals surface area contributed by atoms with Gasteiger partial charge in [-0.2, -0.15) is 0 Å². The summed E-state index contributed by atoms with van der Waals surface area (Å²) in [7, 11) is 0. The molecule has 4 heteroatoms. The third kappa shape index (κ3) is 2.43. The summed E-state index contributed by atoms with van der Waals surface area (Å²) < 4.78 is 5.89. The van der Waals surface area contributed by atoms with Crippen LogP contribution in [-0.2, 0) is 6.54 Å². The number of para-hydroxylation sites is 1. The molecular formula is C15H13ClN2O. The van der Waals surface area contributed by atoms with Gasteiger partial charge in [-0.15, -0.1) is 0 Å². The molecule has 3 rings (SSSR count). The normalized spacial score (nSPS) is 10.8. The van der Waals surface area contributed by atoms with E-state index in [1.807, 2.05) is 48.5 Å². The quantitative estimate of drug-likeness (QED) is 0.755. The molecule has 1 heterocycles. The molecule has 3 aromatic rings. The van der Waals surface area contributed by atoms with Crippen LogP contribution in [-0.4, -0.2) is 4.98 Å². The molecule has 19 heavy (non-hydrogen) atoms. The first-order chi connectivity index (χ1) is 9.26. The van der Waals surface area contributed by atoms with Crippen LogP contribution in [0.2, 0.25) is 5.02 Å². The highest BCUT2D eigenvalue weighted by atomic mass is 35.5. The minimum atomic E-state index is 0.455. The maximum atomic E-state index is 6.11. The highest BCUT2D eigenvalue weighted by molar-refractivity contribution is 6.31. The number of H-pyrrole nitrogens is 1. The zero-order chi connectivity index (χ0) is 13.2. The second-order valence-corrected chi connectivity index (χ2v) is 4.72. The summed E-state index contributed by atoms with van der Waals surface area (Å²) in [5, 5.41) is 1.61. The molecule has 0 radical (unpaired) electrons. The van der Waals surface area contributed by atoms with Crippen molar-refractivity contribution in [1.82, 2.24) is 4.98 Å². The van der Waals surface area contributed by atoms with Crippen molar-refractivity contribution >= 4 is 22.5 Å². The van der Waals surface area contributed by atoms with E-state index in [1.54, 1.807) is 0 Å². The summed E-state index contributed by atoms with van der Waals surface area (Å²) in [6.45, 7) is 0.455. The second-order valence-electron chi connectivity index (χ2n) is 4.28. The van der Waals surface area contributed by atoms with E-state index in [0.29, 0.717) is 11.6 Å². The fourth-order valence-electron chi connectivity index (χ4n) is 2.04. The molecule has 3 nitrogen and oxygen atoms in total. The molecule has 0 atom stereocenters. The Bertz CT molecular complexity index is 707. The average molecular weight is 273 g/mol. The van der Waals surface area contributed by atoms with E-state index in [-0.39, 0.29) is 0 Å². The van der Waals surface area contributed by atoms with Crippen LogP contribution in [0, 0.1) is 0 Å². The van der Waals surface area contributed by atoms with E-state index < -0.39 is 0 Å². The molecule has 1 aromatic heterocycles. The molecule has 0 aliphatic heterocycles. The number of hydrogen-bond acceptors (Lipinski definition) is 2. The maximum Gasteiger partial charge on any atom is 0.138 e. The van der Waals surface area contributed by atoms with Crippen molar-refractivity contribution in [1.29, 1.82) is 0 Å². The van der Waals surface area contributed by atoms with Gasteiger partial charge in [-0.05, 0) is 24.3 Å². The minimum Gasteiger partial charge on any atom is -0.457 e. The molecule has 0 bridgehead atoms. The van der Waals surface area contributed by atoms with Crippen molar-refractivity contribution in [2.75, 3.05) is 0 Å². The summed E-state index contributed by atoms with van der Waals surface area (Å²) in [6, 6.07) is 15.3. The second kappa shape index (κ2) is 4.96. The molecule has 0 unspecified atom stereocenters. The SMILES string of the molecule is NCc1cc2c(Oc3ccccc3)cc(Cl)cc2[nH]1. The molecule has 0 fully saturated rings. The van der Waals surface area contributed by atoms with E-state index in [2.05, 4.69) is 4.98 Å². The van der Waals surface area contributed by atoms with Crippen LogP contribution < -0.4 is 10.5 Å². The number of hydrogen-bond donors (Lipinski definition) is 2. The van der Waals surface area contributed by atoms with Crippen molar-refractivity contribution < 1.29 is 4.74 Å². The summed E-state index contributed by atoms with van der Waals surface area (Å²) in [5.41, 5.74) is 7.53. The van der Waals surface area contributed by atoms with E-state index in [9.17, 15) is 0 Å². The molecule has 96 valence electrons. The van der Waals surface area contributed by atoms with Gasteiger partial charge in [-0.25, -0.2) is 0 Å². The van der Waals surface area contributed by atoms with Crippen molar-refractivity contribution in [3.8, 4) is 11.5 Å². The van der Waals surface area contributed by atoms with Gasteiger partial charge in [0.15, 0.2) is 0 Å². The first-order valence-electron chi connectivity index (χ1n) is 6.00. The Kier molecular flexibility index (Phi) is 3.15. The predicted molar refractivity (Wildman–Crippen MR) is 77.7 cm³/mol. The third-order valence-corrected chi connectivity index (χ3v) is 3.13. The molecular weight excluding hydrogens is 260 g/mol. The Morgan fingerprint density at radius 3 is 2.63 bits per heavy atom. The lowest BCUT2D eigenvalue weighted by Crippen LogP contribution is -1.94. The van der Waals surface area contributed by atoms with Crippen molar-refractivity contribution in [2.45, 2.75) is 6.54 Å². The van der Waals surface area contributed by atoms with Gasteiger partial charge in [0.2, 0.25) is 0 Å². The number of rotatable bonds is 3. The fraction of sp³-hybridized carbons (Fsp3) is 0.0667. The van der Waals surface area contributed by atoms with Gasteiger partial charge in [-0.3, -0.25) is 0 Å². The van der Waals surface area contributed by atoms with Crippen LogP contribution in [0.5, 0.6) is 11.5 Å². The first kappa shape index (κ1) is 12.1. The monoisotopic (exact) mass is 272 g/mol. The summed E-state index contributed by atoms with van der Waals surface area (Å²) in [5.74, 6) is 1.51. The molecule has 0 amide bonds. The van der Waals surface area contributed by atoms with Crippen LogP contribution in [0.4, 0.5) is 0 Å². The average Bonchev–Trinajstić information content (AvgIpc) is 2.83. The summed E-state index contributed by atoms with van der Waals surface area (Å²) in [6.07, 6.45) is 0. The number of nitrogens with two attached hydrogens (primary N) is 1. The van der Waals surface area contributed by atoms with Gasteiger partial charge in [0.1, 0.15) is 11.5 Å². The third-order valence-electron chi connectivity index (χ3n) is 2.91. The molecule has 3 N–H and O–H groups in total. The van der Waals surface area contributed by atoms with Crippen molar-refractivity contribution in [2.24, 2.45) is 5.73 Å². The largest absolute Gasteiger partial charge is 0.457 e.